The fourth-order valence-corrected chi connectivity index (χ4v) is 4.85. The second-order valence-electron chi connectivity index (χ2n) is 6.46. The molecule has 0 spiro atoms. The van der Waals surface area contributed by atoms with Gasteiger partial charge in [0, 0.05) is 25.1 Å². The van der Waals surface area contributed by atoms with Gasteiger partial charge in [-0.2, -0.15) is 4.31 Å². The third-order valence-corrected chi connectivity index (χ3v) is 6.62. The van der Waals surface area contributed by atoms with Gasteiger partial charge in [0.05, 0.1) is 15.9 Å². The number of fused-ring (bicyclic) bond motifs is 2. The number of benzene rings is 2. The molecular weight excluding hydrogens is 354 g/mol. The van der Waals surface area contributed by atoms with Crippen LogP contribution in [0.4, 0.5) is 0 Å². The van der Waals surface area contributed by atoms with Crippen LogP contribution in [-0.2, 0) is 10.0 Å². The predicted molar refractivity (Wildman–Crippen MR) is 95.0 cm³/mol. The number of hydrogen-bond acceptors (Lipinski definition) is 5. The van der Waals surface area contributed by atoms with E-state index in [1.807, 2.05) is 24.3 Å². The highest BCUT2D eigenvalue weighted by atomic mass is 32.2. The van der Waals surface area contributed by atoms with Crippen molar-refractivity contribution >= 4 is 21.1 Å². The minimum Gasteiger partial charge on any atom is -0.486 e. The van der Waals surface area contributed by atoms with Gasteiger partial charge < -0.3 is 14.5 Å². The van der Waals surface area contributed by atoms with Gasteiger partial charge in [-0.05, 0) is 24.3 Å². The first-order chi connectivity index (χ1) is 12.6. The van der Waals surface area contributed by atoms with E-state index in [0.717, 1.165) is 16.9 Å². The number of ether oxygens (including phenoxy) is 2. The molecular formula is C18H17N3O4S. The van der Waals surface area contributed by atoms with Gasteiger partial charge in [-0.15, -0.1) is 0 Å². The lowest BCUT2D eigenvalue weighted by atomic mass is 10.0. The zero-order valence-corrected chi connectivity index (χ0v) is 14.7. The first kappa shape index (κ1) is 15.7. The first-order valence-corrected chi connectivity index (χ1v) is 9.90. The summed E-state index contributed by atoms with van der Waals surface area (Å²) >= 11 is 0. The molecule has 1 fully saturated rings. The molecule has 2 aliphatic heterocycles. The lowest BCUT2D eigenvalue weighted by Gasteiger charge is -2.37. The van der Waals surface area contributed by atoms with Gasteiger partial charge in [-0.1, -0.05) is 12.1 Å². The molecule has 26 heavy (non-hydrogen) atoms. The second kappa shape index (κ2) is 5.72. The van der Waals surface area contributed by atoms with Crippen LogP contribution in [0, 0.1) is 0 Å². The summed E-state index contributed by atoms with van der Waals surface area (Å²) in [7, 11) is -3.55. The number of hydrogen-bond donors (Lipinski definition) is 1. The van der Waals surface area contributed by atoms with Gasteiger partial charge in [-0.3, -0.25) is 0 Å². The Labute approximate surface area is 150 Å². The van der Waals surface area contributed by atoms with Crippen molar-refractivity contribution in [1.29, 1.82) is 0 Å². The molecule has 2 aromatic carbocycles. The fraction of sp³-hybridized carbons (Fsp3) is 0.278. The Morgan fingerprint density at radius 1 is 1.04 bits per heavy atom. The number of nitrogens with zero attached hydrogens (tertiary/aromatic N) is 2. The van der Waals surface area contributed by atoms with Gasteiger partial charge in [0.1, 0.15) is 19.0 Å². The zero-order valence-electron chi connectivity index (χ0n) is 13.9. The molecule has 134 valence electrons. The van der Waals surface area contributed by atoms with Crippen molar-refractivity contribution in [2.24, 2.45) is 0 Å². The van der Waals surface area contributed by atoms with Crippen molar-refractivity contribution in [2.45, 2.75) is 10.8 Å². The molecule has 5 rings (SSSR count). The molecule has 1 aromatic heterocycles. The lowest BCUT2D eigenvalue weighted by Crippen LogP contribution is -2.48. The molecule has 1 N–H and O–H groups in total. The number of para-hydroxylation sites is 2. The summed E-state index contributed by atoms with van der Waals surface area (Å²) < 4.78 is 38.1. The molecule has 8 heteroatoms. The molecule has 0 unspecified atom stereocenters. The largest absolute Gasteiger partial charge is 0.486 e. The number of H-pyrrole nitrogens is 1. The Bertz CT molecular complexity index is 1050. The highest BCUT2D eigenvalue weighted by Gasteiger charge is 2.39. The predicted octanol–water partition coefficient (Wildman–Crippen LogP) is 2.12. The van der Waals surface area contributed by atoms with Crippen LogP contribution in [0.2, 0.25) is 0 Å². The molecule has 1 saturated heterocycles. The van der Waals surface area contributed by atoms with Crippen LogP contribution in [0.25, 0.3) is 11.0 Å². The fourth-order valence-electron chi connectivity index (χ4n) is 3.31. The van der Waals surface area contributed by atoms with Gasteiger partial charge in [0.25, 0.3) is 0 Å². The van der Waals surface area contributed by atoms with Crippen LogP contribution in [0.5, 0.6) is 11.5 Å². The SMILES string of the molecule is O=S(=O)(c1ccc2c(c1)OCCO2)N1CC(c2nc3ccccc3[nH]2)C1. The summed E-state index contributed by atoms with van der Waals surface area (Å²) in [4.78, 5) is 8.08. The van der Waals surface area contributed by atoms with E-state index in [4.69, 9.17) is 9.47 Å². The van der Waals surface area contributed by atoms with Crippen LogP contribution in [-0.4, -0.2) is 49.0 Å². The quantitative estimate of drug-likeness (QED) is 0.762. The maximum Gasteiger partial charge on any atom is 0.243 e. The van der Waals surface area contributed by atoms with Crippen LogP contribution >= 0.6 is 0 Å². The number of aromatic amines is 1. The average molecular weight is 371 g/mol. The Morgan fingerprint density at radius 2 is 1.81 bits per heavy atom. The minimum atomic E-state index is -3.55. The van der Waals surface area contributed by atoms with Gasteiger partial charge in [0.2, 0.25) is 10.0 Å². The number of nitrogens with one attached hydrogen (secondary N) is 1. The second-order valence-corrected chi connectivity index (χ2v) is 8.40. The number of rotatable bonds is 3. The van der Waals surface area contributed by atoms with Crippen LogP contribution in [0.1, 0.15) is 11.7 Å². The zero-order chi connectivity index (χ0) is 17.7. The minimum absolute atomic E-state index is 0.0781. The van der Waals surface area contributed by atoms with Crippen molar-refractivity contribution in [2.75, 3.05) is 26.3 Å². The van der Waals surface area contributed by atoms with Crippen molar-refractivity contribution in [3.8, 4) is 11.5 Å². The van der Waals surface area contributed by atoms with Crippen LogP contribution < -0.4 is 9.47 Å². The third-order valence-electron chi connectivity index (χ3n) is 4.79. The maximum atomic E-state index is 12.8. The Morgan fingerprint density at radius 3 is 2.62 bits per heavy atom. The maximum absolute atomic E-state index is 12.8. The van der Waals surface area contributed by atoms with E-state index in [1.165, 1.54) is 4.31 Å². The van der Waals surface area contributed by atoms with E-state index in [9.17, 15) is 8.42 Å². The number of sulfonamides is 1. The van der Waals surface area contributed by atoms with Crippen molar-refractivity contribution in [3.05, 3.63) is 48.3 Å². The van der Waals surface area contributed by atoms with Crippen LogP contribution in [0.3, 0.4) is 0 Å². The molecule has 3 heterocycles. The standard InChI is InChI=1S/C18H17N3O4S/c22-26(23,13-5-6-16-17(9-13)25-8-7-24-16)21-10-12(11-21)18-19-14-3-1-2-4-15(14)20-18/h1-6,9,12H,7-8,10-11H2,(H,19,20). The monoisotopic (exact) mass is 371 g/mol. The van der Waals surface area contributed by atoms with Crippen molar-refractivity contribution in [3.63, 3.8) is 0 Å². The Kier molecular flexibility index (Phi) is 3.44. The van der Waals surface area contributed by atoms with Crippen LogP contribution in [0.15, 0.2) is 47.4 Å². The van der Waals surface area contributed by atoms with E-state index in [0.29, 0.717) is 37.8 Å². The average Bonchev–Trinajstić information content (AvgIpc) is 3.03. The molecule has 7 nitrogen and oxygen atoms in total. The molecule has 0 saturated carbocycles. The molecule has 2 aliphatic rings. The third kappa shape index (κ3) is 2.45. The first-order valence-electron chi connectivity index (χ1n) is 8.46. The van der Waals surface area contributed by atoms with Gasteiger partial charge >= 0.3 is 0 Å². The van der Waals surface area contributed by atoms with E-state index in [-0.39, 0.29) is 10.8 Å². The summed E-state index contributed by atoms with van der Waals surface area (Å²) in [6.45, 7) is 1.73. The topological polar surface area (TPSA) is 84.5 Å². The molecule has 0 amide bonds. The van der Waals surface area contributed by atoms with E-state index < -0.39 is 10.0 Å². The van der Waals surface area contributed by atoms with E-state index in [2.05, 4.69) is 9.97 Å². The summed E-state index contributed by atoms with van der Waals surface area (Å²) in [5.74, 6) is 1.97. The molecule has 0 aliphatic carbocycles. The molecule has 0 atom stereocenters. The smallest absolute Gasteiger partial charge is 0.243 e. The highest BCUT2D eigenvalue weighted by molar-refractivity contribution is 7.89. The Balaban J connectivity index is 1.36. The summed E-state index contributed by atoms with van der Waals surface area (Å²) in [6.07, 6.45) is 0. The van der Waals surface area contributed by atoms with E-state index in [1.54, 1.807) is 18.2 Å². The molecule has 0 bridgehead atoms. The molecule has 3 aromatic rings. The van der Waals surface area contributed by atoms with Crippen molar-refractivity contribution < 1.29 is 17.9 Å². The lowest BCUT2D eigenvalue weighted by molar-refractivity contribution is 0.171. The van der Waals surface area contributed by atoms with Crippen molar-refractivity contribution in [1.82, 2.24) is 14.3 Å². The number of imidazole rings is 1. The van der Waals surface area contributed by atoms with E-state index >= 15 is 0 Å². The van der Waals surface area contributed by atoms with Gasteiger partial charge in [0.15, 0.2) is 11.5 Å². The molecule has 0 radical (unpaired) electrons. The summed E-state index contributed by atoms with van der Waals surface area (Å²) in [5, 5.41) is 0. The summed E-state index contributed by atoms with van der Waals surface area (Å²) in [6, 6.07) is 12.6. The summed E-state index contributed by atoms with van der Waals surface area (Å²) in [5.41, 5.74) is 1.87. The number of aromatic nitrogens is 2. The normalized spacial score (nSPS) is 18.0. The highest BCUT2D eigenvalue weighted by Crippen LogP contribution is 2.36. The Hall–Kier alpha value is -2.58. The van der Waals surface area contributed by atoms with Gasteiger partial charge in [-0.25, -0.2) is 13.4 Å².